The van der Waals surface area contributed by atoms with Crippen molar-refractivity contribution >= 4 is 0 Å². The first-order chi connectivity index (χ1) is 7.77. The van der Waals surface area contributed by atoms with E-state index >= 15 is 0 Å². The Hall–Kier alpha value is -0.910. The van der Waals surface area contributed by atoms with Crippen LogP contribution in [0.5, 0.6) is 0 Å². The summed E-state index contributed by atoms with van der Waals surface area (Å²) < 4.78 is 12.3. The molecule has 1 N–H and O–H groups in total. The van der Waals surface area contributed by atoms with Crippen LogP contribution >= 0.6 is 0 Å². The maximum absolute atomic E-state index is 5.16. The first-order valence-electron chi connectivity index (χ1n) is 5.54. The molecule has 92 valence electrons. The monoisotopic (exact) mass is 227 g/mol. The Morgan fingerprint density at radius 3 is 2.69 bits per heavy atom. The fourth-order valence-electron chi connectivity index (χ4n) is 1.60. The van der Waals surface area contributed by atoms with Crippen molar-refractivity contribution in [2.75, 3.05) is 20.8 Å². The predicted molar refractivity (Wildman–Crippen MR) is 62.1 cm³/mol. The third-order valence-electron chi connectivity index (χ3n) is 2.46. The standard InChI is InChI=1S/C11H21N3O2/c1-10(11(15-2)16-3)12-6-4-8-14-9-5-7-13-14/h5,7,9-12H,4,6,8H2,1-3H3. The van der Waals surface area contributed by atoms with Crippen LogP contribution in [0, 0.1) is 0 Å². The van der Waals surface area contributed by atoms with Crippen molar-refractivity contribution < 1.29 is 9.47 Å². The molecule has 0 aliphatic carbocycles. The summed E-state index contributed by atoms with van der Waals surface area (Å²) in [4.78, 5) is 0. The van der Waals surface area contributed by atoms with Crippen LogP contribution in [0.15, 0.2) is 18.5 Å². The van der Waals surface area contributed by atoms with Crippen molar-refractivity contribution in [3.8, 4) is 0 Å². The molecule has 0 saturated heterocycles. The number of aromatic nitrogens is 2. The van der Waals surface area contributed by atoms with Crippen molar-refractivity contribution in [1.29, 1.82) is 0 Å². The smallest absolute Gasteiger partial charge is 0.171 e. The highest BCUT2D eigenvalue weighted by Crippen LogP contribution is 1.98. The molecule has 0 aliphatic heterocycles. The molecule has 1 atom stereocenters. The summed E-state index contributed by atoms with van der Waals surface area (Å²) in [6, 6.07) is 2.12. The van der Waals surface area contributed by atoms with E-state index in [1.54, 1.807) is 20.4 Å². The molecule has 5 heteroatoms. The number of nitrogens with zero attached hydrogens (tertiary/aromatic N) is 2. The minimum atomic E-state index is -0.190. The van der Waals surface area contributed by atoms with Crippen LogP contribution in [-0.2, 0) is 16.0 Å². The van der Waals surface area contributed by atoms with Crippen molar-refractivity contribution in [2.45, 2.75) is 32.2 Å². The van der Waals surface area contributed by atoms with Gasteiger partial charge in [-0.15, -0.1) is 0 Å². The molecular formula is C11H21N3O2. The zero-order valence-corrected chi connectivity index (χ0v) is 10.2. The Bertz CT molecular complexity index is 260. The average Bonchev–Trinajstić information content (AvgIpc) is 2.79. The van der Waals surface area contributed by atoms with Gasteiger partial charge in [-0.2, -0.15) is 5.10 Å². The van der Waals surface area contributed by atoms with Crippen molar-refractivity contribution in [3.05, 3.63) is 18.5 Å². The lowest BCUT2D eigenvalue weighted by molar-refractivity contribution is -0.119. The lowest BCUT2D eigenvalue weighted by Gasteiger charge is -2.22. The van der Waals surface area contributed by atoms with E-state index in [0.717, 1.165) is 19.5 Å². The topological polar surface area (TPSA) is 48.3 Å². The molecule has 0 fully saturated rings. The van der Waals surface area contributed by atoms with Gasteiger partial charge in [0.2, 0.25) is 0 Å². The lowest BCUT2D eigenvalue weighted by Crippen LogP contribution is -2.40. The highest BCUT2D eigenvalue weighted by atomic mass is 16.7. The van der Waals surface area contributed by atoms with E-state index in [1.165, 1.54) is 0 Å². The summed E-state index contributed by atoms with van der Waals surface area (Å²) in [6.45, 7) is 3.90. The van der Waals surface area contributed by atoms with Crippen molar-refractivity contribution in [1.82, 2.24) is 15.1 Å². The van der Waals surface area contributed by atoms with Gasteiger partial charge in [-0.05, 0) is 26.0 Å². The van der Waals surface area contributed by atoms with E-state index < -0.39 is 0 Å². The van der Waals surface area contributed by atoms with Gasteiger partial charge in [-0.1, -0.05) is 0 Å². The zero-order chi connectivity index (χ0) is 11.8. The van der Waals surface area contributed by atoms with Gasteiger partial charge < -0.3 is 14.8 Å². The van der Waals surface area contributed by atoms with Crippen LogP contribution in [-0.4, -0.2) is 42.9 Å². The molecule has 1 unspecified atom stereocenters. The SMILES string of the molecule is COC(OC)C(C)NCCCn1cccn1. The molecule has 16 heavy (non-hydrogen) atoms. The Morgan fingerprint density at radius 1 is 1.38 bits per heavy atom. The third kappa shape index (κ3) is 4.30. The molecule has 1 rings (SSSR count). The normalized spacial score (nSPS) is 13.2. The van der Waals surface area contributed by atoms with E-state index in [4.69, 9.17) is 9.47 Å². The van der Waals surface area contributed by atoms with E-state index in [2.05, 4.69) is 10.4 Å². The molecule has 0 spiro atoms. The number of hydrogen-bond acceptors (Lipinski definition) is 4. The molecule has 0 bridgehead atoms. The van der Waals surface area contributed by atoms with Crippen molar-refractivity contribution in [3.63, 3.8) is 0 Å². The Kier molecular flexibility index (Phi) is 6.07. The number of rotatable bonds is 8. The minimum Gasteiger partial charge on any atom is -0.354 e. The quantitative estimate of drug-likeness (QED) is 0.529. The van der Waals surface area contributed by atoms with E-state index in [0.29, 0.717) is 0 Å². The van der Waals surface area contributed by atoms with E-state index in [-0.39, 0.29) is 12.3 Å². The molecule has 0 radical (unpaired) electrons. The molecule has 1 heterocycles. The highest BCUT2D eigenvalue weighted by molar-refractivity contribution is 4.77. The second-order valence-corrected chi connectivity index (χ2v) is 3.71. The summed E-state index contributed by atoms with van der Waals surface area (Å²) in [5.41, 5.74) is 0. The number of nitrogens with one attached hydrogen (secondary N) is 1. The second-order valence-electron chi connectivity index (χ2n) is 3.71. The summed E-state index contributed by atoms with van der Waals surface area (Å²) >= 11 is 0. The van der Waals surface area contributed by atoms with Gasteiger partial charge in [0.15, 0.2) is 6.29 Å². The van der Waals surface area contributed by atoms with Gasteiger partial charge in [0.1, 0.15) is 0 Å². The van der Waals surface area contributed by atoms with Crippen LogP contribution in [0.2, 0.25) is 0 Å². The van der Waals surface area contributed by atoms with Crippen LogP contribution in [0.25, 0.3) is 0 Å². The average molecular weight is 227 g/mol. The Labute approximate surface area is 96.7 Å². The van der Waals surface area contributed by atoms with Gasteiger partial charge >= 0.3 is 0 Å². The van der Waals surface area contributed by atoms with Gasteiger partial charge in [-0.25, -0.2) is 0 Å². The zero-order valence-electron chi connectivity index (χ0n) is 10.2. The molecule has 5 nitrogen and oxygen atoms in total. The Morgan fingerprint density at radius 2 is 2.12 bits per heavy atom. The molecule has 1 aromatic heterocycles. The molecule has 0 saturated carbocycles. The molecule has 0 amide bonds. The second kappa shape index (κ2) is 7.38. The minimum absolute atomic E-state index is 0.188. The van der Waals surface area contributed by atoms with Gasteiger partial charge in [0.05, 0.1) is 6.04 Å². The third-order valence-corrected chi connectivity index (χ3v) is 2.46. The predicted octanol–water partition coefficient (Wildman–Crippen LogP) is 0.870. The maximum atomic E-state index is 5.16. The molecular weight excluding hydrogens is 206 g/mol. The fraction of sp³-hybridized carbons (Fsp3) is 0.727. The first-order valence-corrected chi connectivity index (χ1v) is 5.54. The summed E-state index contributed by atoms with van der Waals surface area (Å²) in [5.74, 6) is 0. The number of ether oxygens (including phenoxy) is 2. The van der Waals surface area contributed by atoms with Gasteiger partial charge in [0, 0.05) is 33.2 Å². The lowest BCUT2D eigenvalue weighted by atomic mass is 10.3. The van der Waals surface area contributed by atoms with Gasteiger partial charge in [0.25, 0.3) is 0 Å². The van der Waals surface area contributed by atoms with Crippen LogP contribution in [0.3, 0.4) is 0 Å². The van der Waals surface area contributed by atoms with Gasteiger partial charge in [-0.3, -0.25) is 4.68 Å². The van der Waals surface area contributed by atoms with E-state index in [1.807, 2.05) is 23.9 Å². The van der Waals surface area contributed by atoms with Crippen LogP contribution in [0.1, 0.15) is 13.3 Å². The largest absolute Gasteiger partial charge is 0.354 e. The molecule has 1 aromatic rings. The van der Waals surface area contributed by atoms with Crippen LogP contribution < -0.4 is 5.32 Å². The highest BCUT2D eigenvalue weighted by Gasteiger charge is 2.14. The first kappa shape index (κ1) is 13.2. The van der Waals surface area contributed by atoms with Crippen LogP contribution in [0.4, 0.5) is 0 Å². The van der Waals surface area contributed by atoms with E-state index in [9.17, 15) is 0 Å². The Balaban J connectivity index is 2.10. The fourth-order valence-corrected chi connectivity index (χ4v) is 1.60. The summed E-state index contributed by atoms with van der Waals surface area (Å²) in [7, 11) is 3.30. The number of hydrogen-bond donors (Lipinski definition) is 1. The number of aryl methyl sites for hydroxylation is 1. The van der Waals surface area contributed by atoms with Crippen molar-refractivity contribution in [2.24, 2.45) is 0 Å². The number of methoxy groups -OCH3 is 2. The summed E-state index contributed by atoms with van der Waals surface area (Å²) in [6.07, 6.45) is 4.61. The maximum Gasteiger partial charge on any atom is 0.171 e. The summed E-state index contributed by atoms with van der Waals surface area (Å²) in [5, 5.41) is 7.50. The molecule has 0 aliphatic rings. The molecule has 0 aromatic carbocycles.